The van der Waals surface area contributed by atoms with Crippen LogP contribution in [-0.2, 0) is 0 Å². The minimum Gasteiger partial charge on any atom is -0.456 e. The van der Waals surface area contributed by atoms with Gasteiger partial charge in [0.15, 0.2) is 52.4 Å². The molecule has 16 aromatic carbocycles. The zero-order valence-electron chi connectivity index (χ0n) is 76.0. The molecule has 0 spiro atoms. The molecule has 0 atom stereocenters. The van der Waals surface area contributed by atoms with E-state index in [-0.39, 0.29) is 0 Å². The summed E-state index contributed by atoms with van der Waals surface area (Å²) in [7, 11) is -1.98. The summed E-state index contributed by atoms with van der Waals surface area (Å²) in [5.41, 5.74) is 22.3. The van der Waals surface area contributed by atoms with E-state index in [2.05, 4.69) is 240 Å². The Morgan fingerprint density at radius 1 is 0.221 bits per heavy atom. The standard InChI is InChI=1S/C44H27N5O.C40H31N5Si.C38H25N5S/c1-4-14-28(15-5-1)31-26-34(43-47-41(29-16-6-2-7-17-29)46-42(48-43)30-18-8-3-9-19-30)44(45-27-31)49-35-22-12-10-20-32(35)39-36(49)24-25-38-40(39)33-21-11-13-23-37(33)50-38;1-46(2)35-24-14-12-22-33(35)45(34-23-13-15-25-36(34)46)40-32(26-31(27-41-40)28-16-6-3-7-17-28)39-43-37(29-18-8-4-9-19-29)42-38(44-39)30-20-10-5-11-21-30;1-4-14-26(15-5-1)29-24-30(37-41-35(27-16-6-2-7-17-27)40-36(42-37)28-18-8-3-9-19-28)38(39-25-29)43-31-20-10-12-22-33(31)44-34-23-13-11-21-32(34)43/h1-27H;3-27H,1-2H3;1-25H. The zero-order valence-corrected chi connectivity index (χ0v) is 77.8. The van der Waals surface area contributed by atoms with Crippen molar-refractivity contribution in [1.29, 1.82) is 0 Å². The smallest absolute Gasteiger partial charge is 0.167 e. The van der Waals surface area contributed by atoms with Gasteiger partial charge >= 0.3 is 0 Å². The highest BCUT2D eigenvalue weighted by Crippen LogP contribution is 2.54. The molecular weight excluding hydrogens is 1750 g/mol. The van der Waals surface area contributed by atoms with Gasteiger partial charge in [-0.05, 0) is 106 Å². The largest absolute Gasteiger partial charge is 0.456 e. The first-order valence-electron chi connectivity index (χ1n) is 46.5. The molecule has 18 heteroatoms. The monoisotopic (exact) mass is 1830 g/mol. The van der Waals surface area contributed by atoms with E-state index in [4.69, 9.17) is 64.2 Å². The minimum absolute atomic E-state index is 0.541. The minimum atomic E-state index is -1.98. The van der Waals surface area contributed by atoms with E-state index in [0.717, 1.165) is 177 Å². The summed E-state index contributed by atoms with van der Waals surface area (Å²) in [5.74, 6) is 7.60. The number of aromatic nitrogens is 13. The van der Waals surface area contributed by atoms with Crippen LogP contribution in [0, 0.1) is 0 Å². The van der Waals surface area contributed by atoms with Gasteiger partial charge in [0.05, 0.1) is 39.1 Å². The summed E-state index contributed by atoms with van der Waals surface area (Å²) in [6, 6.07) is 153. The predicted octanol–water partition coefficient (Wildman–Crippen LogP) is 29.3. The molecule has 0 unspecified atom stereocenters. The SMILES string of the molecule is C[Si]1(C)c2ccccc2N(c2ncc(-c3ccccc3)cc2-c2nc(-c3ccccc3)nc(-c3ccccc3)n2)c2ccccc21.c1ccc(-c2cnc(-n3c4ccccc4c4c5c(ccc43)oc3ccccc35)c(-c3nc(-c4ccccc4)nc(-c4ccccc4)n3)c2)cc1.c1ccc(-c2cnc(N3c4ccccc4Sc4ccccc43)c(-c3nc(-c4ccccc4)nc(-c4ccccc4)n3)c2)cc1. The van der Waals surface area contributed by atoms with E-state index in [0.29, 0.717) is 52.4 Å². The summed E-state index contributed by atoms with van der Waals surface area (Å²) in [6.07, 6.45) is 5.85. The van der Waals surface area contributed by atoms with Crippen molar-refractivity contribution in [3.05, 3.63) is 468 Å². The molecule has 8 aromatic heterocycles. The summed E-state index contributed by atoms with van der Waals surface area (Å²) in [4.78, 5) is 68.2. The van der Waals surface area contributed by atoms with E-state index in [1.165, 1.54) is 10.4 Å². The van der Waals surface area contributed by atoms with Crippen LogP contribution in [0.15, 0.2) is 482 Å². The fourth-order valence-electron chi connectivity index (χ4n) is 18.9. The van der Waals surface area contributed by atoms with Gasteiger partial charge in [0.1, 0.15) is 36.7 Å². The summed E-state index contributed by atoms with van der Waals surface area (Å²) in [5, 5.41) is 7.16. The van der Waals surface area contributed by atoms with Gasteiger partial charge in [0.25, 0.3) is 0 Å². The molecule has 0 bridgehead atoms. The third-order valence-corrected chi connectivity index (χ3v) is 30.3. The van der Waals surface area contributed by atoms with Gasteiger partial charge in [-0.1, -0.05) is 395 Å². The highest BCUT2D eigenvalue weighted by atomic mass is 32.2. The van der Waals surface area contributed by atoms with Crippen molar-refractivity contribution in [2.45, 2.75) is 22.9 Å². The number of pyridine rings is 3. The number of hydrogen-bond donors (Lipinski definition) is 0. The van der Waals surface area contributed by atoms with Crippen molar-refractivity contribution in [3.8, 4) is 142 Å². The van der Waals surface area contributed by atoms with Gasteiger partial charge in [-0.25, -0.2) is 59.8 Å². The van der Waals surface area contributed by atoms with E-state index in [1.54, 1.807) is 11.8 Å². The maximum atomic E-state index is 6.34. The quantitative estimate of drug-likeness (QED) is 0.0884. The van der Waals surface area contributed by atoms with Crippen LogP contribution in [0.25, 0.3) is 185 Å². The molecular formula is C122H83N15OSSi. The normalized spacial score (nSPS) is 12.2. The number of rotatable bonds is 15. The van der Waals surface area contributed by atoms with Gasteiger partial charge in [0, 0.05) is 111 Å². The van der Waals surface area contributed by atoms with Crippen LogP contribution in [0.2, 0.25) is 13.1 Å². The van der Waals surface area contributed by atoms with Gasteiger partial charge < -0.3 is 4.42 Å². The van der Waals surface area contributed by atoms with Crippen molar-refractivity contribution >= 4 is 108 Å². The van der Waals surface area contributed by atoms with Crippen molar-refractivity contribution in [3.63, 3.8) is 0 Å². The first kappa shape index (κ1) is 84.7. The third-order valence-electron chi connectivity index (χ3n) is 25.6. The molecule has 0 fully saturated rings. The molecule has 16 nitrogen and oxygen atoms in total. The van der Waals surface area contributed by atoms with Gasteiger partial charge in [-0.15, -0.1) is 0 Å². The van der Waals surface area contributed by atoms with Gasteiger partial charge in [-0.2, -0.15) is 0 Å². The number of furan rings is 1. The lowest BCUT2D eigenvalue weighted by Crippen LogP contribution is -2.58. The van der Waals surface area contributed by atoms with Crippen molar-refractivity contribution in [2.24, 2.45) is 0 Å². The second-order valence-corrected chi connectivity index (χ2v) is 40.1. The van der Waals surface area contributed by atoms with Crippen LogP contribution < -0.4 is 20.2 Å². The Balaban J connectivity index is 0.000000114. The van der Waals surface area contributed by atoms with Crippen LogP contribution in [0.1, 0.15) is 0 Å². The number of fused-ring (bicyclic) bond motifs is 11. The summed E-state index contributed by atoms with van der Waals surface area (Å²) >= 11 is 1.77. The van der Waals surface area contributed by atoms with Gasteiger partial charge in [0.2, 0.25) is 0 Å². The van der Waals surface area contributed by atoms with Gasteiger partial charge in [-0.3, -0.25) is 14.4 Å². The summed E-state index contributed by atoms with van der Waals surface area (Å²) < 4.78 is 8.58. The first-order chi connectivity index (χ1) is 69.2. The Kier molecular flexibility index (Phi) is 22.3. The predicted molar refractivity (Wildman–Crippen MR) is 570 cm³/mol. The lowest BCUT2D eigenvalue weighted by atomic mass is 10.0. The maximum Gasteiger partial charge on any atom is 0.167 e. The summed E-state index contributed by atoms with van der Waals surface area (Å²) in [6.45, 7) is 4.86. The number of hydrogen-bond acceptors (Lipinski definition) is 16. The molecule has 2 aliphatic heterocycles. The van der Waals surface area contributed by atoms with Crippen molar-refractivity contribution in [2.75, 3.05) is 9.80 Å². The molecule has 0 saturated heterocycles. The van der Waals surface area contributed by atoms with Crippen molar-refractivity contribution < 1.29 is 4.42 Å². The molecule has 0 saturated carbocycles. The molecule has 0 amide bonds. The molecule has 2 aliphatic rings. The lowest BCUT2D eigenvalue weighted by molar-refractivity contribution is 0.669. The lowest BCUT2D eigenvalue weighted by Gasteiger charge is -2.40. The zero-order chi connectivity index (χ0) is 93.4. The molecule has 662 valence electrons. The molecule has 24 aromatic rings. The second-order valence-electron chi connectivity index (χ2n) is 34.6. The fraction of sp³-hybridized carbons (Fsp3) is 0.0164. The Morgan fingerprint density at radius 3 is 0.886 bits per heavy atom. The van der Waals surface area contributed by atoms with E-state index < -0.39 is 8.07 Å². The first-order valence-corrected chi connectivity index (χ1v) is 50.3. The van der Waals surface area contributed by atoms with Crippen LogP contribution in [0.4, 0.5) is 34.4 Å². The van der Waals surface area contributed by atoms with E-state index >= 15 is 0 Å². The average Bonchev–Trinajstić information content (AvgIpc) is 1.53. The topological polar surface area (TPSA) is 179 Å². The van der Waals surface area contributed by atoms with Crippen molar-refractivity contribution in [1.82, 2.24) is 64.4 Å². The number of anilines is 6. The fourth-order valence-corrected chi connectivity index (χ4v) is 22.9. The third kappa shape index (κ3) is 16.1. The Bertz CT molecular complexity index is 8490. The molecule has 0 N–H and O–H groups in total. The molecule has 0 aliphatic carbocycles. The highest BCUT2D eigenvalue weighted by molar-refractivity contribution is 7.99. The molecule has 0 radical (unpaired) electrons. The number of benzene rings is 16. The van der Waals surface area contributed by atoms with Crippen LogP contribution in [-0.4, -0.2) is 72.4 Å². The molecule has 140 heavy (non-hydrogen) atoms. The van der Waals surface area contributed by atoms with Crippen LogP contribution >= 0.6 is 11.8 Å². The average molecular weight is 1840 g/mol. The Labute approximate surface area is 813 Å². The van der Waals surface area contributed by atoms with Crippen LogP contribution in [0.5, 0.6) is 0 Å². The van der Waals surface area contributed by atoms with Crippen LogP contribution in [0.3, 0.4) is 0 Å². The maximum absolute atomic E-state index is 6.34. The van der Waals surface area contributed by atoms with E-state index in [1.807, 2.05) is 255 Å². The van der Waals surface area contributed by atoms with E-state index in [9.17, 15) is 0 Å². The second kappa shape index (κ2) is 36.9. The Hall–Kier alpha value is -18.2. The highest BCUT2D eigenvalue weighted by Gasteiger charge is 2.40. The molecule has 10 heterocycles. The number of nitrogens with zero attached hydrogens (tertiary/aromatic N) is 15. The Morgan fingerprint density at radius 2 is 0.507 bits per heavy atom. The molecule has 26 rings (SSSR count). The number of para-hydroxylation sites is 6.